The van der Waals surface area contributed by atoms with Gasteiger partial charge in [0.2, 0.25) is 23.6 Å². The van der Waals surface area contributed by atoms with Gasteiger partial charge in [-0.2, -0.15) is 0 Å². The number of phenolic OH excluding ortho intramolecular Hbond substituents is 1. The number of carboxylic acid groups (broad SMARTS) is 1. The van der Waals surface area contributed by atoms with Gasteiger partial charge in [0.25, 0.3) is 0 Å². The molecule has 0 saturated heterocycles. The van der Waals surface area contributed by atoms with Crippen LogP contribution in [0, 0.1) is 11.8 Å². The molecule has 2 aromatic carbocycles. The SMILES string of the molecule is CC(=O)N[C@@H](Cc1ccc(O)cc1)C(=O)NC(Cc1c[nH]c2ccccc12)C(=O)N[C@H](C(=O)N[C@@H](C(=O)O)C(C)C)C(C)C. The molecule has 4 amide bonds. The quantitative estimate of drug-likeness (QED) is 0.146. The number of carbonyl (C=O) groups is 5. The Morgan fingerprint density at radius 3 is 1.89 bits per heavy atom. The first-order valence-electron chi connectivity index (χ1n) is 14.5. The van der Waals surface area contributed by atoms with E-state index in [1.165, 1.54) is 19.1 Å². The van der Waals surface area contributed by atoms with Gasteiger partial charge < -0.3 is 36.5 Å². The van der Waals surface area contributed by atoms with Crippen LogP contribution >= 0.6 is 0 Å². The maximum absolute atomic E-state index is 13.8. The van der Waals surface area contributed by atoms with Gasteiger partial charge in [-0.05, 0) is 41.2 Å². The van der Waals surface area contributed by atoms with Gasteiger partial charge >= 0.3 is 5.97 Å². The Kier molecular flexibility index (Phi) is 11.5. The van der Waals surface area contributed by atoms with Gasteiger partial charge in [0.1, 0.15) is 29.9 Å². The third kappa shape index (κ3) is 9.06. The molecule has 0 fully saturated rings. The molecule has 4 atom stereocenters. The molecule has 3 rings (SSSR count). The highest BCUT2D eigenvalue weighted by Crippen LogP contribution is 2.20. The molecule has 236 valence electrons. The van der Waals surface area contributed by atoms with Crippen molar-refractivity contribution in [3.63, 3.8) is 0 Å². The zero-order valence-electron chi connectivity index (χ0n) is 25.5. The van der Waals surface area contributed by atoms with Gasteiger partial charge in [0.05, 0.1) is 0 Å². The van der Waals surface area contributed by atoms with Crippen molar-refractivity contribution in [1.82, 2.24) is 26.3 Å². The molecule has 7 N–H and O–H groups in total. The van der Waals surface area contributed by atoms with Crippen LogP contribution in [0.15, 0.2) is 54.7 Å². The number of nitrogens with one attached hydrogen (secondary N) is 5. The highest BCUT2D eigenvalue weighted by atomic mass is 16.4. The molecule has 12 heteroatoms. The lowest BCUT2D eigenvalue weighted by Crippen LogP contribution is -2.59. The van der Waals surface area contributed by atoms with Crippen LogP contribution in [0.25, 0.3) is 10.9 Å². The molecule has 0 aliphatic rings. The average Bonchev–Trinajstić information content (AvgIpc) is 3.36. The van der Waals surface area contributed by atoms with E-state index in [1.807, 2.05) is 24.3 Å². The summed E-state index contributed by atoms with van der Waals surface area (Å²) >= 11 is 0. The van der Waals surface area contributed by atoms with E-state index in [0.717, 1.165) is 16.5 Å². The minimum Gasteiger partial charge on any atom is -0.508 e. The second kappa shape index (κ2) is 15.0. The Labute approximate surface area is 256 Å². The molecule has 44 heavy (non-hydrogen) atoms. The molecule has 1 heterocycles. The lowest BCUT2D eigenvalue weighted by atomic mass is 9.98. The molecule has 0 radical (unpaired) electrons. The van der Waals surface area contributed by atoms with Gasteiger partial charge in [-0.15, -0.1) is 0 Å². The summed E-state index contributed by atoms with van der Waals surface area (Å²) in [5.41, 5.74) is 2.25. The average molecular weight is 608 g/mol. The Morgan fingerprint density at radius 1 is 0.727 bits per heavy atom. The molecule has 1 unspecified atom stereocenters. The fourth-order valence-corrected chi connectivity index (χ4v) is 4.87. The van der Waals surface area contributed by atoms with Crippen LogP contribution in [0.3, 0.4) is 0 Å². The number of H-pyrrole nitrogens is 1. The Morgan fingerprint density at radius 2 is 1.30 bits per heavy atom. The summed E-state index contributed by atoms with van der Waals surface area (Å²) in [5.74, 6) is -4.32. The zero-order chi connectivity index (χ0) is 32.6. The van der Waals surface area contributed by atoms with E-state index >= 15 is 0 Å². The number of amides is 4. The maximum atomic E-state index is 13.8. The molecule has 12 nitrogen and oxygen atoms in total. The predicted molar refractivity (Wildman–Crippen MR) is 165 cm³/mol. The number of aromatic amines is 1. The van der Waals surface area contributed by atoms with Gasteiger partial charge in [0.15, 0.2) is 0 Å². The summed E-state index contributed by atoms with van der Waals surface area (Å²) in [6, 6.07) is 9.22. The van der Waals surface area contributed by atoms with E-state index < -0.39 is 65.6 Å². The molecule has 0 spiro atoms. The number of aromatic hydroxyl groups is 1. The summed E-state index contributed by atoms with van der Waals surface area (Å²) in [6.45, 7) is 8.04. The monoisotopic (exact) mass is 607 g/mol. The highest BCUT2D eigenvalue weighted by Gasteiger charge is 2.33. The smallest absolute Gasteiger partial charge is 0.326 e. The van der Waals surface area contributed by atoms with E-state index in [9.17, 15) is 34.2 Å². The number of benzene rings is 2. The van der Waals surface area contributed by atoms with E-state index in [2.05, 4.69) is 26.3 Å². The normalized spacial score (nSPS) is 14.0. The number of fused-ring (bicyclic) bond motifs is 1. The predicted octanol–water partition coefficient (Wildman–Crippen LogP) is 2.01. The fraction of sp³-hybridized carbons (Fsp3) is 0.406. The minimum absolute atomic E-state index is 0.0524. The molecule has 0 aliphatic heterocycles. The third-order valence-corrected chi connectivity index (χ3v) is 7.28. The second-order valence-corrected chi connectivity index (χ2v) is 11.5. The number of aliphatic carboxylic acids is 1. The molecule has 3 aromatic rings. The number of hydrogen-bond acceptors (Lipinski definition) is 6. The van der Waals surface area contributed by atoms with Crippen LogP contribution < -0.4 is 21.3 Å². The van der Waals surface area contributed by atoms with Crippen molar-refractivity contribution in [2.75, 3.05) is 0 Å². The Bertz CT molecular complexity index is 1480. The lowest BCUT2D eigenvalue weighted by Gasteiger charge is -2.28. The van der Waals surface area contributed by atoms with Crippen LogP contribution in [0.5, 0.6) is 5.75 Å². The molecule has 1 aromatic heterocycles. The first kappa shape index (κ1) is 33.6. The van der Waals surface area contributed by atoms with Crippen molar-refractivity contribution in [2.24, 2.45) is 11.8 Å². The number of aromatic nitrogens is 1. The maximum Gasteiger partial charge on any atom is 0.326 e. The van der Waals surface area contributed by atoms with Crippen molar-refractivity contribution in [3.05, 3.63) is 65.9 Å². The Hall–Kier alpha value is -4.87. The number of carboxylic acids is 1. The van der Waals surface area contributed by atoms with Gasteiger partial charge in [-0.25, -0.2) is 4.79 Å². The van der Waals surface area contributed by atoms with E-state index in [4.69, 9.17) is 0 Å². The topological polar surface area (TPSA) is 190 Å². The fourth-order valence-electron chi connectivity index (χ4n) is 4.87. The van der Waals surface area contributed by atoms with Crippen LogP contribution in [0.2, 0.25) is 0 Å². The van der Waals surface area contributed by atoms with Crippen molar-refractivity contribution in [1.29, 1.82) is 0 Å². The van der Waals surface area contributed by atoms with Crippen LogP contribution in [-0.4, -0.2) is 69.0 Å². The van der Waals surface area contributed by atoms with Gasteiger partial charge in [-0.1, -0.05) is 58.0 Å². The lowest BCUT2D eigenvalue weighted by molar-refractivity contribution is -0.143. The van der Waals surface area contributed by atoms with E-state index in [1.54, 1.807) is 46.0 Å². The molecule has 0 bridgehead atoms. The van der Waals surface area contributed by atoms with Gasteiger partial charge in [0, 0.05) is 36.9 Å². The zero-order valence-corrected chi connectivity index (χ0v) is 25.5. The number of hydrogen-bond donors (Lipinski definition) is 7. The molecule has 0 saturated carbocycles. The first-order valence-corrected chi connectivity index (χ1v) is 14.5. The van der Waals surface area contributed by atoms with E-state index in [-0.39, 0.29) is 18.6 Å². The first-order chi connectivity index (χ1) is 20.8. The minimum atomic E-state index is -1.19. The molecule has 0 aliphatic carbocycles. The largest absolute Gasteiger partial charge is 0.508 e. The van der Waals surface area contributed by atoms with Crippen LogP contribution in [0.1, 0.15) is 45.7 Å². The molecular formula is C32H41N5O7. The van der Waals surface area contributed by atoms with E-state index in [0.29, 0.717) is 5.56 Å². The van der Waals surface area contributed by atoms with Crippen molar-refractivity contribution >= 4 is 40.5 Å². The van der Waals surface area contributed by atoms with Crippen molar-refractivity contribution in [2.45, 2.75) is 71.6 Å². The summed E-state index contributed by atoms with van der Waals surface area (Å²) in [4.78, 5) is 67.4. The third-order valence-electron chi connectivity index (χ3n) is 7.28. The second-order valence-electron chi connectivity index (χ2n) is 11.5. The summed E-state index contributed by atoms with van der Waals surface area (Å²) in [6.07, 6.45) is 1.89. The van der Waals surface area contributed by atoms with Crippen molar-refractivity contribution in [3.8, 4) is 5.75 Å². The summed E-state index contributed by atoms with van der Waals surface area (Å²) in [5, 5.41) is 30.6. The Balaban J connectivity index is 1.90. The number of carbonyl (C=O) groups excluding carboxylic acids is 4. The number of phenols is 1. The standard InChI is InChI=1S/C32H41N5O7/c1-17(2)27(31(42)37-28(18(3)4)32(43)44)36-30(41)26(15-21-16-33-24-9-7-6-8-23(21)24)35-29(40)25(34-19(5)38)14-20-10-12-22(39)13-11-20/h6-13,16-18,25-28,33,39H,14-15H2,1-5H3,(H,34,38)(H,35,40)(H,36,41)(H,37,42)(H,43,44)/t25-,26?,27-,28+/m0/s1. The number of para-hydroxylation sites is 1. The van der Waals surface area contributed by atoms with Crippen LogP contribution in [-0.2, 0) is 36.8 Å². The van der Waals surface area contributed by atoms with Crippen molar-refractivity contribution < 1.29 is 34.2 Å². The van der Waals surface area contributed by atoms with Gasteiger partial charge in [-0.3, -0.25) is 19.2 Å². The highest BCUT2D eigenvalue weighted by molar-refractivity contribution is 5.95. The summed E-state index contributed by atoms with van der Waals surface area (Å²) < 4.78 is 0. The number of rotatable bonds is 14. The summed E-state index contributed by atoms with van der Waals surface area (Å²) in [7, 11) is 0. The van der Waals surface area contributed by atoms with Crippen LogP contribution in [0.4, 0.5) is 0 Å². The molecular weight excluding hydrogens is 566 g/mol.